The topological polar surface area (TPSA) is 71.5 Å². The number of rotatable bonds is 8. The first-order chi connectivity index (χ1) is 15.5. The van der Waals surface area contributed by atoms with Crippen LogP contribution in [0.5, 0.6) is 5.75 Å². The first kappa shape index (κ1) is 22.6. The molecule has 2 aromatic carbocycles. The van der Waals surface area contributed by atoms with E-state index >= 15 is 0 Å². The second kappa shape index (κ2) is 10.4. The smallest absolute Gasteiger partial charge is 0.338 e. The Hall–Kier alpha value is -2.58. The van der Waals surface area contributed by atoms with Crippen LogP contribution in [0.4, 0.5) is 10.1 Å². The molecule has 0 saturated heterocycles. The minimum absolute atomic E-state index is 0.250. The fraction of sp³-hybridized carbons (Fsp3) is 0.333. The highest BCUT2D eigenvalue weighted by atomic mass is 32.2. The third-order valence-electron chi connectivity index (χ3n) is 5.72. The number of carboxylic acid groups (broad SMARTS) is 1. The summed E-state index contributed by atoms with van der Waals surface area (Å²) in [5.41, 5.74) is 2.37. The molecule has 0 bridgehead atoms. The van der Waals surface area contributed by atoms with Gasteiger partial charge in [-0.2, -0.15) is 0 Å². The number of aromatic nitrogens is 1. The molecular formula is C24H25FN2O3S2. The number of hydrogen-bond donors (Lipinski definition) is 2. The number of benzene rings is 2. The van der Waals surface area contributed by atoms with Crippen molar-refractivity contribution >= 4 is 34.9 Å². The van der Waals surface area contributed by atoms with Crippen molar-refractivity contribution < 1.29 is 19.0 Å². The van der Waals surface area contributed by atoms with E-state index in [0.717, 1.165) is 34.0 Å². The maximum atomic E-state index is 14.0. The van der Waals surface area contributed by atoms with E-state index in [4.69, 9.17) is 9.84 Å². The quantitative estimate of drug-likeness (QED) is 0.348. The number of ether oxygens (including phenoxy) is 1. The van der Waals surface area contributed by atoms with E-state index in [1.807, 2.05) is 5.38 Å². The predicted molar refractivity (Wildman–Crippen MR) is 127 cm³/mol. The van der Waals surface area contributed by atoms with Crippen LogP contribution in [0.3, 0.4) is 0 Å². The van der Waals surface area contributed by atoms with E-state index < -0.39 is 17.3 Å². The Morgan fingerprint density at radius 1 is 1.25 bits per heavy atom. The summed E-state index contributed by atoms with van der Waals surface area (Å²) in [6, 6.07) is 10.9. The van der Waals surface area contributed by atoms with E-state index in [1.54, 1.807) is 11.3 Å². The molecule has 0 atom stereocenters. The van der Waals surface area contributed by atoms with Crippen LogP contribution in [0.15, 0.2) is 46.8 Å². The second-order valence-corrected chi connectivity index (χ2v) is 9.62. The van der Waals surface area contributed by atoms with Gasteiger partial charge in [-0.25, -0.2) is 14.2 Å². The average Bonchev–Trinajstić information content (AvgIpc) is 3.28. The van der Waals surface area contributed by atoms with E-state index in [-0.39, 0.29) is 5.75 Å². The summed E-state index contributed by atoms with van der Waals surface area (Å²) in [6.07, 6.45) is 7.94. The lowest BCUT2D eigenvalue weighted by molar-refractivity contribution is 0.0691. The Morgan fingerprint density at radius 3 is 2.69 bits per heavy atom. The molecule has 0 aliphatic heterocycles. The first-order valence-electron chi connectivity index (χ1n) is 10.6. The van der Waals surface area contributed by atoms with E-state index in [2.05, 4.69) is 34.0 Å². The average molecular weight is 473 g/mol. The van der Waals surface area contributed by atoms with Gasteiger partial charge >= 0.3 is 5.97 Å². The molecule has 1 heterocycles. The zero-order valence-electron chi connectivity index (χ0n) is 17.8. The van der Waals surface area contributed by atoms with Gasteiger partial charge < -0.3 is 14.6 Å². The van der Waals surface area contributed by atoms with Gasteiger partial charge in [-0.1, -0.05) is 56.4 Å². The highest BCUT2D eigenvalue weighted by molar-refractivity contribution is 8.00. The highest BCUT2D eigenvalue weighted by Gasteiger charge is 2.17. The summed E-state index contributed by atoms with van der Waals surface area (Å²) < 4.78 is 22.3. The number of methoxy groups -OCH3 is 1. The molecule has 1 aliphatic carbocycles. The van der Waals surface area contributed by atoms with E-state index in [9.17, 15) is 9.18 Å². The van der Waals surface area contributed by atoms with Crippen LogP contribution in [-0.4, -0.2) is 23.2 Å². The van der Waals surface area contributed by atoms with Crippen molar-refractivity contribution in [1.29, 1.82) is 0 Å². The monoisotopic (exact) mass is 472 g/mol. The van der Waals surface area contributed by atoms with Crippen LogP contribution in [0.2, 0.25) is 0 Å². The Labute approximate surface area is 195 Å². The van der Waals surface area contributed by atoms with Gasteiger partial charge in [0.05, 0.1) is 18.4 Å². The maximum absolute atomic E-state index is 14.0. The normalized spacial score (nSPS) is 14.3. The van der Waals surface area contributed by atoms with Crippen molar-refractivity contribution in [2.45, 2.75) is 43.6 Å². The number of carboxylic acids is 1. The van der Waals surface area contributed by atoms with Gasteiger partial charge in [-0.05, 0) is 24.0 Å². The second-order valence-electron chi connectivity index (χ2n) is 7.94. The van der Waals surface area contributed by atoms with Crippen LogP contribution in [0.25, 0.3) is 10.6 Å². The van der Waals surface area contributed by atoms with Crippen LogP contribution in [0, 0.1) is 11.7 Å². The van der Waals surface area contributed by atoms with Crippen LogP contribution in [0.1, 0.15) is 48.0 Å². The van der Waals surface area contributed by atoms with Gasteiger partial charge in [0.1, 0.15) is 21.6 Å². The number of nitrogens with one attached hydrogen (secondary N) is 1. The molecule has 168 valence electrons. The molecule has 3 aromatic rings. The number of halogens is 1. The standard InChI is InChI=1S/C24H25FN2O3S2/c1-30-21-12-18(24(28)29)19(25)13-20(21)27-32-22-14-31-23(26-22)17-9-7-16(8-10-17)11-15-5-3-2-4-6-15/h7-10,12-15,27H,2-6,11H2,1H3,(H,28,29). The molecule has 2 N–H and O–H groups in total. The van der Waals surface area contributed by atoms with Gasteiger partial charge in [0.15, 0.2) is 0 Å². The SMILES string of the molecule is COc1cc(C(=O)O)c(F)cc1NSc1csc(-c2ccc(CC3CCCCC3)cc2)n1. The van der Waals surface area contributed by atoms with Crippen molar-refractivity contribution in [3.63, 3.8) is 0 Å². The van der Waals surface area contributed by atoms with Crippen molar-refractivity contribution in [3.05, 3.63) is 58.7 Å². The molecule has 0 unspecified atom stereocenters. The van der Waals surface area contributed by atoms with Gasteiger partial charge in [0.2, 0.25) is 0 Å². The number of aromatic carboxylic acids is 1. The molecule has 1 aromatic heterocycles. The maximum Gasteiger partial charge on any atom is 0.338 e. The minimum Gasteiger partial charge on any atom is -0.495 e. The van der Waals surface area contributed by atoms with Crippen molar-refractivity contribution in [2.75, 3.05) is 11.8 Å². The highest BCUT2D eigenvalue weighted by Crippen LogP contribution is 2.34. The third kappa shape index (κ3) is 5.42. The molecule has 1 aliphatic rings. The number of carbonyl (C=O) groups is 1. The molecule has 1 fully saturated rings. The summed E-state index contributed by atoms with van der Waals surface area (Å²) in [6.45, 7) is 0. The lowest BCUT2D eigenvalue weighted by Gasteiger charge is -2.21. The predicted octanol–water partition coefficient (Wildman–Crippen LogP) is 6.90. The molecule has 0 spiro atoms. The summed E-state index contributed by atoms with van der Waals surface area (Å²) in [5, 5.41) is 12.6. The first-order valence-corrected chi connectivity index (χ1v) is 12.3. The fourth-order valence-electron chi connectivity index (χ4n) is 4.02. The van der Waals surface area contributed by atoms with Crippen molar-refractivity contribution in [2.24, 2.45) is 5.92 Å². The van der Waals surface area contributed by atoms with Gasteiger partial charge in [0.25, 0.3) is 0 Å². The lowest BCUT2D eigenvalue weighted by atomic mass is 9.85. The van der Waals surface area contributed by atoms with Crippen LogP contribution >= 0.6 is 23.3 Å². The molecule has 0 amide bonds. The molecule has 1 saturated carbocycles. The number of thiazole rings is 1. The van der Waals surface area contributed by atoms with Gasteiger partial charge in [-0.15, -0.1) is 11.3 Å². The van der Waals surface area contributed by atoms with Crippen LogP contribution in [-0.2, 0) is 6.42 Å². The Balaban J connectivity index is 1.40. The van der Waals surface area contributed by atoms with Crippen molar-refractivity contribution in [1.82, 2.24) is 4.98 Å². The van der Waals surface area contributed by atoms with Gasteiger partial charge in [-0.3, -0.25) is 0 Å². The Kier molecular flexibility index (Phi) is 7.32. The summed E-state index contributed by atoms with van der Waals surface area (Å²) >= 11 is 2.77. The summed E-state index contributed by atoms with van der Waals surface area (Å²) in [7, 11) is 1.41. The molecule has 4 rings (SSSR count). The molecule has 0 radical (unpaired) electrons. The van der Waals surface area contributed by atoms with Gasteiger partial charge in [0, 0.05) is 29.0 Å². The van der Waals surface area contributed by atoms with E-state index in [0.29, 0.717) is 5.69 Å². The summed E-state index contributed by atoms with van der Waals surface area (Å²) in [5.74, 6) is -1.10. The molecular weight excluding hydrogens is 447 g/mol. The lowest BCUT2D eigenvalue weighted by Crippen LogP contribution is -2.09. The number of nitrogens with zero attached hydrogens (tertiary/aromatic N) is 1. The van der Waals surface area contributed by atoms with E-state index in [1.165, 1.54) is 62.8 Å². The zero-order valence-corrected chi connectivity index (χ0v) is 19.4. The van der Waals surface area contributed by atoms with Crippen molar-refractivity contribution in [3.8, 4) is 16.3 Å². The Bertz CT molecular complexity index is 1080. The number of anilines is 1. The minimum atomic E-state index is -1.34. The number of hydrogen-bond acceptors (Lipinski definition) is 6. The summed E-state index contributed by atoms with van der Waals surface area (Å²) in [4.78, 5) is 15.8. The Morgan fingerprint density at radius 2 is 2.00 bits per heavy atom. The fourth-order valence-corrected chi connectivity index (χ4v) is 5.61. The zero-order chi connectivity index (χ0) is 22.5. The molecule has 8 heteroatoms. The van der Waals surface area contributed by atoms with Crippen LogP contribution < -0.4 is 9.46 Å². The third-order valence-corrected chi connectivity index (χ3v) is 7.50. The molecule has 32 heavy (non-hydrogen) atoms. The molecule has 5 nitrogen and oxygen atoms in total. The largest absolute Gasteiger partial charge is 0.495 e.